The summed E-state index contributed by atoms with van der Waals surface area (Å²) in [6.45, 7) is 0. The maximum absolute atomic E-state index is 12.5. The number of hydrogen-bond donors (Lipinski definition) is 2. The molecule has 0 aliphatic rings. The molecule has 0 saturated heterocycles. The molecule has 0 aliphatic carbocycles. The molecule has 0 spiro atoms. The van der Waals surface area contributed by atoms with Gasteiger partial charge in [-0.2, -0.15) is 0 Å². The first-order chi connectivity index (χ1) is 11.6. The lowest BCUT2D eigenvalue weighted by Crippen LogP contribution is -2.14. The summed E-state index contributed by atoms with van der Waals surface area (Å²) in [6.07, 6.45) is 1.61. The number of halogens is 2. The highest BCUT2D eigenvalue weighted by Crippen LogP contribution is 2.27. The molecule has 0 atom stereocenters. The van der Waals surface area contributed by atoms with Crippen LogP contribution in [0.3, 0.4) is 0 Å². The summed E-state index contributed by atoms with van der Waals surface area (Å²) in [5.74, 6) is 0.182. The maximum Gasteiger partial charge on any atom is 0.259 e. The lowest BCUT2D eigenvalue weighted by Gasteiger charge is -2.11. The van der Waals surface area contributed by atoms with Crippen LogP contribution in [0.2, 0.25) is 10.0 Å². The van der Waals surface area contributed by atoms with Crippen molar-refractivity contribution in [1.29, 1.82) is 0 Å². The van der Waals surface area contributed by atoms with E-state index >= 15 is 0 Å². The van der Waals surface area contributed by atoms with Gasteiger partial charge in [0.05, 0.1) is 15.6 Å². The van der Waals surface area contributed by atoms with Crippen molar-refractivity contribution in [1.82, 2.24) is 4.98 Å². The molecule has 4 nitrogen and oxygen atoms in total. The highest BCUT2D eigenvalue weighted by atomic mass is 35.5. The van der Waals surface area contributed by atoms with E-state index in [1.807, 2.05) is 30.3 Å². The highest BCUT2D eigenvalue weighted by molar-refractivity contribution is 6.42. The van der Waals surface area contributed by atoms with Crippen LogP contribution in [0.4, 0.5) is 17.2 Å². The van der Waals surface area contributed by atoms with Gasteiger partial charge in [0.15, 0.2) is 0 Å². The zero-order chi connectivity index (χ0) is 16.9. The summed E-state index contributed by atoms with van der Waals surface area (Å²) in [6, 6.07) is 17.8. The Morgan fingerprint density at radius 2 is 1.67 bits per heavy atom. The molecule has 0 fully saturated rings. The minimum Gasteiger partial charge on any atom is -0.340 e. The molecule has 2 N–H and O–H groups in total. The maximum atomic E-state index is 12.5. The summed E-state index contributed by atoms with van der Waals surface area (Å²) in [5.41, 5.74) is 1.83. The van der Waals surface area contributed by atoms with Crippen LogP contribution < -0.4 is 10.6 Å². The molecular formula is C18H13Cl2N3O. The van der Waals surface area contributed by atoms with Crippen LogP contribution in [0, 0.1) is 0 Å². The molecule has 0 radical (unpaired) electrons. The smallest absolute Gasteiger partial charge is 0.259 e. The molecule has 0 bridgehead atoms. The predicted octanol–water partition coefficient (Wildman–Crippen LogP) is 5.38. The van der Waals surface area contributed by atoms with Crippen molar-refractivity contribution in [2.45, 2.75) is 0 Å². The van der Waals surface area contributed by atoms with Gasteiger partial charge < -0.3 is 10.6 Å². The summed E-state index contributed by atoms with van der Waals surface area (Å²) in [7, 11) is 0. The number of aromatic nitrogens is 1. The number of nitrogens with zero attached hydrogens (tertiary/aromatic N) is 1. The van der Waals surface area contributed by atoms with Gasteiger partial charge in [0.25, 0.3) is 5.91 Å². The van der Waals surface area contributed by atoms with Crippen molar-refractivity contribution in [2.24, 2.45) is 0 Å². The number of anilines is 3. The number of hydrogen-bond acceptors (Lipinski definition) is 3. The molecule has 0 saturated carbocycles. The van der Waals surface area contributed by atoms with Crippen LogP contribution in [0.5, 0.6) is 0 Å². The monoisotopic (exact) mass is 357 g/mol. The molecule has 6 heteroatoms. The van der Waals surface area contributed by atoms with Gasteiger partial charge in [-0.3, -0.25) is 4.79 Å². The quantitative estimate of drug-likeness (QED) is 0.658. The second kappa shape index (κ2) is 7.34. The summed E-state index contributed by atoms with van der Waals surface area (Å²) >= 11 is 11.9. The molecule has 3 aromatic rings. The first-order valence-electron chi connectivity index (χ1n) is 7.17. The van der Waals surface area contributed by atoms with E-state index in [9.17, 15) is 4.79 Å². The Hall–Kier alpha value is -2.56. The zero-order valence-electron chi connectivity index (χ0n) is 12.5. The fourth-order valence-electron chi connectivity index (χ4n) is 2.12. The van der Waals surface area contributed by atoms with Gasteiger partial charge in [-0.05, 0) is 42.5 Å². The summed E-state index contributed by atoms with van der Waals surface area (Å²) in [5, 5.41) is 6.82. The van der Waals surface area contributed by atoms with Crippen molar-refractivity contribution in [2.75, 3.05) is 10.6 Å². The van der Waals surface area contributed by atoms with Gasteiger partial charge in [-0.15, -0.1) is 0 Å². The average Bonchev–Trinajstić information content (AvgIpc) is 2.59. The van der Waals surface area contributed by atoms with Crippen LogP contribution in [0.1, 0.15) is 10.4 Å². The number of amides is 1. The lowest BCUT2D eigenvalue weighted by atomic mass is 10.2. The number of benzene rings is 2. The van der Waals surface area contributed by atoms with Crippen molar-refractivity contribution >= 4 is 46.3 Å². The van der Waals surface area contributed by atoms with E-state index < -0.39 is 0 Å². The average molecular weight is 358 g/mol. The van der Waals surface area contributed by atoms with Gasteiger partial charge in [0.2, 0.25) is 0 Å². The number of carbonyl (C=O) groups is 1. The molecule has 24 heavy (non-hydrogen) atoms. The molecule has 0 unspecified atom stereocenters. The van der Waals surface area contributed by atoms with E-state index in [1.54, 1.807) is 36.5 Å². The van der Waals surface area contributed by atoms with E-state index in [0.29, 0.717) is 32.8 Å². The van der Waals surface area contributed by atoms with E-state index in [2.05, 4.69) is 15.6 Å². The molecule has 1 heterocycles. The normalized spacial score (nSPS) is 10.2. The topological polar surface area (TPSA) is 54.0 Å². The lowest BCUT2D eigenvalue weighted by molar-refractivity contribution is 0.102. The third-order valence-electron chi connectivity index (χ3n) is 3.27. The first-order valence-corrected chi connectivity index (χ1v) is 7.92. The Morgan fingerprint density at radius 1 is 0.875 bits per heavy atom. The Labute approximate surface area is 149 Å². The Balaban J connectivity index is 1.84. The number of para-hydroxylation sites is 1. The predicted molar refractivity (Wildman–Crippen MR) is 98.4 cm³/mol. The minimum atomic E-state index is -0.253. The van der Waals surface area contributed by atoms with Crippen LogP contribution in [-0.2, 0) is 0 Å². The standard InChI is InChI=1S/C18H13Cl2N3O/c19-15-9-8-13(11-16(15)20)22-17-14(7-4-10-21-17)18(24)23-12-5-2-1-3-6-12/h1-11H,(H,21,22)(H,23,24). The Morgan fingerprint density at radius 3 is 2.42 bits per heavy atom. The van der Waals surface area contributed by atoms with Gasteiger partial charge >= 0.3 is 0 Å². The van der Waals surface area contributed by atoms with Crippen molar-refractivity contribution in [3.63, 3.8) is 0 Å². The van der Waals surface area contributed by atoms with Gasteiger partial charge in [0.1, 0.15) is 5.82 Å². The van der Waals surface area contributed by atoms with Gasteiger partial charge in [-0.1, -0.05) is 41.4 Å². The number of carbonyl (C=O) groups excluding carboxylic acids is 1. The molecule has 120 valence electrons. The van der Waals surface area contributed by atoms with E-state index in [1.165, 1.54) is 0 Å². The van der Waals surface area contributed by atoms with Gasteiger partial charge in [0, 0.05) is 17.6 Å². The van der Waals surface area contributed by atoms with Crippen LogP contribution in [-0.4, -0.2) is 10.9 Å². The van der Waals surface area contributed by atoms with Crippen molar-refractivity contribution < 1.29 is 4.79 Å². The number of nitrogens with one attached hydrogen (secondary N) is 2. The fraction of sp³-hybridized carbons (Fsp3) is 0. The summed E-state index contributed by atoms with van der Waals surface area (Å²) < 4.78 is 0. The van der Waals surface area contributed by atoms with Crippen LogP contribution in [0.15, 0.2) is 66.9 Å². The van der Waals surface area contributed by atoms with Crippen LogP contribution in [0.25, 0.3) is 0 Å². The third kappa shape index (κ3) is 3.85. The second-order valence-electron chi connectivity index (χ2n) is 4.97. The number of rotatable bonds is 4. The number of pyridine rings is 1. The third-order valence-corrected chi connectivity index (χ3v) is 4.01. The van der Waals surface area contributed by atoms with Crippen molar-refractivity contribution in [3.05, 3.63) is 82.5 Å². The largest absolute Gasteiger partial charge is 0.340 e. The van der Waals surface area contributed by atoms with E-state index in [-0.39, 0.29) is 5.91 Å². The fourth-order valence-corrected chi connectivity index (χ4v) is 2.42. The molecule has 0 aliphatic heterocycles. The van der Waals surface area contributed by atoms with E-state index in [4.69, 9.17) is 23.2 Å². The van der Waals surface area contributed by atoms with Crippen molar-refractivity contribution in [3.8, 4) is 0 Å². The van der Waals surface area contributed by atoms with Gasteiger partial charge in [-0.25, -0.2) is 4.98 Å². The first kappa shape index (κ1) is 16.3. The summed E-state index contributed by atoms with van der Waals surface area (Å²) in [4.78, 5) is 16.7. The minimum absolute atomic E-state index is 0.253. The Bertz CT molecular complexity index is 869. The molecule has 1 amide bonds. The molecule has 1 aromatic heterocycles. The van der Waals surface area contributed by atoms with Crippen LogP contribution >= 0.6 is 23.2 Å². The second-order valence-corrected chi connectivity index (χ2v) is 5.79. The van der Waals surface area contributed by atoms with E-state index in [0.717, 1.165) is 0 Å². The molecule has 2 aromatic carbocycles. The molecular weight excluding hydrogens is 345 g/mol. The Kier molecular flexibility index (Phi) is 4.99. The SMILES string of the molecule is O=C(Nc1ccccc1)c1cccnc1Nc1ccc(Cl)c(Cl)c1. The molecule has 3 rings (SSSR count). The highest BCUT2D eigenvalue weighted by Gasteiger charge is 2.13. The zero-order valence-corrected chi connectivity index (χ0v) is 14.0.